The summed E-state index contributed by atoms with van der Waals surface area (Å²) >= 11 is 0. The van der Waals surface area contributed by atoms with Crippen LogP contribution in [0, 0.1) is 11.8 Å². The molecule has 1 aliphatic heterocycles. The molecule has 1 heterocycles. The molecule has 1 saturated heterocycles. The van der Waals surface area contributed by atoms with Gasteiger partial charge < -0.3 is 9.47 Å². The second-order valence-corrected chi connectivity index (χ2v) is 4.31. The molecule has 2 aliphatic rings. The van der Waals surface area contributed by atoms with Crippen molar-refractivity contribution >= 4 is 5.97 Å². The van der Waals surface area contributed by atoms with Crippen molar-refractivity contribution in [3.63, 3.8) is 0 Å². The van der Waals surface area contributed by atoms with Crippen LogP contribution in [0.1, 0.15) is 32.1 Å². The molecule has 3 atom stereocenters. The van der Waals surface area contributed by atoms with Crippen molar-refractivity contribution in [2.24, 2.45) is 11.8 Å². The summed E-state index contributed by atoms with van der Waals surface area (Å²) in [5, 5.41) is 0. The zero-order chi connectivity index (χ0) is 9.97. The van der Waals surface area contributed by atoms with E-state index in [1.54, 1.807) is 7.11 Å². The fourth-order valence-corrected chi connectivity index (χ4v) is 2.75. The average molecular weight is 198 g/mol. The van der Waals surface area contributed by atoms with E-state index < -0.39 is 0 Å². The van der Waals surface area contributed by atoms with Crippen molar-refractivity contribution in [1.82, 2.24) is 0 Å². The normalized spacial score (nSPS) is 35.8. The van der Waals surface area contributed by atoms with E-state index in [4.69, 9.17) is 9.47 Å². The summed E-state index contributed by atoms with van der Waals surface area (Å²) in [4.78, 5) is 11.5. The van der Waals surface area contributed by atoms with Crippen LogP contribution < -0.4 is 0 Å². The van der Waals surface area contributed by atoms with E-state index in [0.717, 1.165) is 25.9 Å². The molecule has 0 aromatic heterocycles. The van der Waals surface area contributed by atoms with Gasteiger partial charge in [0.05, 0.1) is 5.92 Å². The van der Waals surface area contributed by atoms with Crippen LogP contribution in [0.2, 0.25) is 0 Å². The van der Waals surface area contributed by atoms with E-state index in [1.165, 1.54) is 12.8 Å². The highest BCUT2D eigenvalue weighted by molar-refractivity contribution is 5.75. The predicted molar refractivity (Wildman–Crippen MR) is 51.8 cm³/mol. The standard InChI is InChI=1S/C11H18O3/c1-13-7-3-5-9-8-4-2-6-10(8)14-11(9)12/h8-10H,2-7H2,1H3/t8-,9-,10+/m1/s1. The fraction of sp³-hybridized carbons (Fsp3) is 0.909. The molecule has 0 radical (unpaired) electrons. The van der Waals surface area contributed by atoms with Crippen molar-refractivity contribution in [3.8, 4) is 0 Å². The second-order valence-electron chi connectivity index (χ2n) is 4.31. The molecule has 0 spiro atoms. The number of carbonyl (C=O) groups is 1. The van der Waals surface area contributed by atoms with Crippen LogP contribution in [0.3, 0.4) is 0 Å². The van der Waals surface area contributed by atoms with E-state index in [0.29, 0.717) is 5.92 Å². The second kappa shape index (κ2) is 4.30. The van der Waals surface area contributed by atoms with Gasteiger partial charge >= 0.3 is 5.97 Å². The Balaban J connectivity index is 1.86. The Bertz CT molecular complexity index is 215. The highest BCUT2D eigenvalue weighted by Gasteiger charge is 2.46. The minimum atomic E-state index is 0.0378. The Morgan fingerprint density at radius 2 is 2.36 bits per heavy atom. The Labute approximate surface area is 84.8 Å². The molecule has 2 fully saturated rings. The average Bonchev–Trinajstić information content (AvgIpc) is 2.69. The quantitative estimate of drug-likeness (QED) is 0.510. The Morgan fingerprint density at radius 3 is 3.14 bits per heavy atom. The Kier molecular flexibility index (Phi) is 3.06. The molecule has 3 heteroatoms. The first kappa shape index (κ1) is 9.97. The lowest BCUT2D eigenvalue weighted by Crippen LogP contribution is -2.16. The van der Waals surface area contributed by atoms with Crippen LogP contribution in [0.5, 0.6) is 0 Å². The summed E-state index contributed by atoms with van der Waals surface area (Å²) in [7, 11) is 1.70. The number of esters is 1. The Morgan fingerprint density at radius 1 is 1.50 bits per heavy atom. The van der Waals surface area contributed by atoms with Gasteiger partial charge in [0, 0.05) is 19.6 Å². The number of carbonyl (C=O) groups excluding carboxylic acids is 1. The molecule has 3 nitrogen and oxygen atoms in total. The van der Waals surface area contributed by atoms with Crippen molar-refractivity contribution < 1.29 is 14.3 Å². The van der Waals surface area contributed by atoms with Crippen LogP contribution in [0.25, 0.3) is 0 Å². The van der Waals surface area contributed by atoms with E-state index in [1.807, 2.05) is 0 Å². The first-order valence-electron chi connectivity index (χ1n) is 5.52. The maximum atomic E-state index is 11.5. The predicted octanol–water partition coefficient (Wildman–Crippen LogP) is 1.75. The molecule has 0 aromatic rings. The number of hydrogen-bond acceptors (Lipinski definition) is 3. The van der Waals surface area contributed by atoms with E-state index in [-0.39, 0.29) is 18.0 Å². The van der Waals surface area contributed by atoms with Crippen LogP contribution in [0.15, 0.2) is 0 Å². The molecule has 1 aliphatic carbocycles. The third kappa shape index (κ3) is 1.78. The van der Waals surface area contributed by atoms with Gasteiger partial charge in [0.1, 0.15) is 6.10 Å². The molecule has 0 N–H and O–H groups in total. The first-order valence-corrected chi connectivity index (χ1v) is 5.52. The van der Waals surface area contributed by atoms with E-state index >= 15 is 0 Å². The zero-order valence-electron chi connectivity index (χ0n) is 8.70. The third-order valence-electron chi connectivity index (χ3n) is 3.45. The van der Waals surface area contributed by atoms with Crippen LogP contribution >= 0.6 is 0 Å². The maximum absolute atomic E-state index is 11.5. The monoisotopic (exact) mass is 198 g/mol. The van der Waals surface area contributed by atoms with E-state index in [2.05, 4.69) is 0 Å². The summed E-state index contributed by atoms with van der Waals surface area (Å²) < 4.78 is 10.3. The van der Waals surface area contributed by atoms with Gasteiger partial charge in [0.15, 0.2) is 0 Å². The van der Waals surface area contributed by atoms with E-state index in [9.17, 15) is 4.79 Å². The van der Waals surface area contributed by atoms with Crippen molar-refractivity contribution in [2.75, 3.05) is 13.7 Å². The molecule has 0 aromatic carbocycles. The van der Waals surface area contributed by atoms with Crippen molar-refractivity contribution in [2.45, 2.75) is 38.2 Å². The molecule has 0 amide bonds. The van der Waals surface area contributed by atoms with Crippen molar-refractivity contribution in [3.05, 3.63) is 0 Å². The van der Waals surface area contributed by atoms with Gasteiger partial charge in [-0.15, -0.1) is 0 Å². The molecule has 2 rings (SSSR count). The molecule has 0 bridgehead atoms. The summed E-state index contributed by atoms with van der Waals surface area (Å²) in [5.74, 6) is 0.716. The largest absolute Gasteiger partial charge is 0.462 e. The van der Waals surface area contributed by atoms with Gasteiger partial charge in [-0.1, -0.05) is 0 Å². The topological polar surface area (TPSA) is 35.5 Å². The molecule has 1 saturated carbocycles. The SMILES string of the molecule is COCCC[C@H]1C(=O)O[C@H]2CCC[C@@H]21. The van der Waals surface area contributed by atoms with Gasteiger partial charge in [0.2, 0.25) is 0 Å². The molecule has 80 valence electrons. The zero-order valence-corrected chi connectivity index (χ0v) is 8.70. The molecule has 0 unspecified atom stereocenters. The molecule has 14 heavy (non-hydrogen) atoms. The number of rotatable bonds is 4. The van der Waals surface area contributed by atoms with Gasteiger partial charge in [-0.3, -0.25) is 4.79 Å². The lowest BCUT2D eigenvalue weighted by Gasteiger charge is -2.12. The summed E-state index contributed by atoms with van der Waals surface area (Å²) in [6.45, 7) is 0.751. The van der Waals surface area contributed by atoms with Crippen LogP contribution in [-0.4, -0.2) is 25.8 Å². The lowest BCUT2D eigenvalue weighted by molar-refractivity contribution is -0.144. The fourth-order valence-electron chi connectivity index (χ4n) is 2.75. The molecular weight excluding hydrogens is 180 g/mol. The first-order chi connectivity index (χ1) is 6.83. The van der Waals surface area contributed by atoms with Crippen LogP contribution in [-0.2, 0) is 14.3 Å². The van der Waals surface area contributed by atoms with Gasteiger partial charge in [-0.05, 0) is 32.1 Å². The highest BCUT2D eigenvalue weighted by Crippen LogP contribution is 2.42. The summed E-state index contributed by atoms with van der Waals surface area (Å²) in [5.41, 5.74) is 0. The minimum absolute atomic E-state index is 0.0378. The third-order valence-corrected chi connectivity index (χ3v) is 3.45. The smallest absolute Gasteiger partial charge is 0.309 e. The Hall–Kier alpha value is -0.570. The number of fused-ring (bicyclic) bond motifs is 1. The summed E-state index contributed by atoms with van der Waals surface area (Å²) in [6.07, 6.45) is 5.64. The summed E-state index contributed by atoms with van der Waals surface area (Å²) in [6, 6.07) is 0. The lowest BCUT2D eigenvalue weighted by atomic mass is 9.88. The number of methoxy groups -OCH3 is 1. The minimum Gasteiger partial charge on any atom is -0.462 e. The van der Waals surface area contributed by atoms with Crippen LogP contribution in [0.4, 0.5) is 0 Å². The van der Waals surface area contributed by atoms with Gasteiger partial charge in [-0.2, -0.15) is 0 Å². The maximum Gasteiger partial charge on any atom is 0.309 e. The number of ether oxygens (including phenoxy) is 2. The molecular formula is C11H18O3. The van der Waals surface area contributed by atoms with Gasteiger partial charge in [-0.25, -0.2) is 0 Å². The number of hydrogen-bond donors (Lipinski definition) is 0. The van der Waals surface area contributed by atoms with Gasteiger partial charge in [0.25, 0.3) is 0 Å². The highest BCUT2D eigenvalue weighted by atomic mass is 16.6. The van der Waals surface area contributed by atoms with Crippen molar-refractivity contribution in [1.29, 1.82) is 0 Å².